The highest BCUT2D eigenvalue weighted by Gasteiger charge is 2.32. The van der Waals surface area contributed by atoms with Crippen LogP contribution in [-0.2, 0) is 11.0 Å². The van der Waals surface area contributed by atoms with E-state index < -0.39 is 22.7 Å². The topological polar surface area (TPSA) is 40.1 Å². The molecule has 0 unspecified atom stereocenters. The quantitative estimate of drug-likeness (QED) is 0.753. The van der Waals surface area contributed by atoms with E-state index in [-0.39, 0.29) is 5.56 Å². The molecule has 0 radical (unpaired) electrons. The predicted octanol–water partition coefficient (Wildman–Crippen LogP) is 2.12. The van der Waals surface area contributed by atoms with Gasteiger partial charge in [-0.25, -0.2) is 0 Å². The first-order valence-electron chi connectivity index (χ1n) is 4.06. The second-order valence-corrected chi connectivity index (χ2v) is 3.30. The highest BCUT2D eigenvalue weighted by Crippen LogP contribution is 2.35. The van der Waals surface area contributed by atoms with Crippen LogP contribution >= 0.6 is 11.6 Å². The maximum atomic E-state index is 12.3. The fraction of sp³-hybridized carbons (Fsp3) is 0.100. The van der Waals surface area contributed by atoms with Crippen LogP contribution in [0.1, 0.15) is 11.1 Å². The molecule has 0 aliphatic heterocycles. The van der Waals surface area contributed by atoms with Crippen molar-refractivity contribution in [2.24, 2.45) is 0 Å². The van der Waals surface area contributed by atoms with E-state index in [2.05, 4.69) is 0 Å². The second-order valence-electron chi connectivity index (χ2n) is 2.89. The van der Waals surface area contributed by atoms with E-state index in [1.807, 2.05) is 0 Å². The number of benzene rings is 1. The van der Waals surface area contributed by atoms with Gasteiger partial charge in [-0.3, -0.25) is 0 Å². The lowest BCUT2D eigenvalue weighted by molar-refractivity contribution is -0.297. The van der Waals surface area contributed by atoms with Gasteiger partial charge in [-0.15, -0.1) is 0 Å². The van der Waals surface area contributed by atoms with Crippen LogP contribution in [0.3, 0.4) is 0 Å². The summed E-state index contributed by atoms with van der Waals surface area (Å²) in [6, 6.07) is 2.94. The molecule has 0 fully saturated rings. The molecule has 0 bridgehead atoms. The fourth-order valence-electron chi connectivity index (χ4n) is 1.03. The standard InChI is InChI=1S/C10H6ClF3O2/c11-8-5-6(2-4-9(15)16)1-3-7(8)10(12,13)14/h1-5H,(H,15,16)/p-1. The molecule has 0 spiro atoms. The van der Waals surface area contributed by atoms with Crippen molar-refractivity contribution in [3.8, 4) is 0 Å². The summed E-state index contributed by atoms with van der Waals surface area (Å²) in [5.74, 6) is -1.43. The van der Waals surface area contributed by atoms with Crippen molar-refractivity contribution >= 4 is 23.6 Å². The van der Waals surface area contributed by atoms with Crippen molar-refractivity contribution in [1.82, 2.24) is 0 Å². The molecule has 1 rings (SSSR count). The van der Waals surface area contributed by atoms with Crippen molar-refractivity contribution in [3.63, 3.8) is 0 Å². The molecular formula is C10H5ClF3O2-. The second kappa shape index (κ2) is 4.57. The van der Waals surface area contributed by atoms with E-state index in [9.17, 15) is 23.1 Å². The summed E-state index contributed by atoms with van der Waals surface area (Å²) in [5, 5.41) is 9.59. The normalized spacial score (nSPS) is 12.0. The molecule has 86 valence electrons. The Morgan fingerprint density at radius 3 is 2.44 bits per heavy atom. The first kappa shape index (κ1) is 12.6. The zero-order chi connectivity index (χ0) is 12.3. The van der Waals surface area contributed by atoms with Crippen LogP contribution < -0.4 is 5.11 Å². The average Bonchev–Trinajstić information content (AvgIpc) is 2.12. The van der Waals surface area contributed by atoms with Gasteiger partial charge in [0.05, 0.1) is 16.6 Å². The third-order valence-corrected chi connectivity index (χ3v) is 2.02. The molecule has 0 aromatic heterocycles. The van der Waals surface area contributed by atoms with Crippen LogP contribution in [0.4, 0.5) is 13.2 Å². The van der Waals surface area contributed by atoms with E-state index in [0.29, 0.717) is 6.08 Å². The lowest BCUT2D eigenvalue weighted by atomic mass is 10.1. The molecule has 0 aliphatic rings. The Morgan fingerprint density at radius 2 is 2.00 bits per heavy atom. The Balaban J connectivity index is 3.05. The molecule has 0 heterocycles. The largest absolute Gasteiger partial charge is 0.545 e. The Kier molecular flexibility index (Phi) is 3.59. The number of aliphatic carboxylic acids is 1. The number of carbonyl (C=O) groups excluding carboxylic acids is 1. The van der Waals surface area contributed by atoms with Crippen LogP contribution in [0.25, 0.3) is 6.08 Å². The van der Waals surface area contributed by atoms with Crippen LogP contribution in [-0.4, -0.2) is 5.97 Å². The van der Waals surface area contributed by atoms with E-state index in [0.717, 1.165) is 24.3 Å². The highest BCUT2D eigenvalue weighted by molar-refractivity contribution is 6.31. The lowest BCUT2D eigenvalue weighted by Crippen LogP contribution is -2.18. The first-order chi connectivity index (χ1) is 7.30. The monoisotopic (exact) mass is 249 g/mol. The number of hydrogen-bond acceptors (Lipinski definition) is 2. The molecule has 1 aromatic rings. The summed E-state index contributed by atoms with van der Waals surface area (Å²) in [4.78, 5) is 10.1. The summed E-state index contributed by atoms with van der Waals surface area (Å²) in [6.45, 7) is 0. The SMILES string of the molecule is O=C([O-])C=Cc1ccc(C(F)(F)F)c(Cl)c1. The maximum absolute atomic E-state index is 12.3. The lowest BCUT2D eigenvalue weighted by Gasteiger charge is -2.08. The minimum Gasteiger partial charge on any atom is -0.545 e. The molecule has 0 saturated heterocycles. The van der Waals surface area contributed by atoms with Crippen LogP contribution in [0.2, 0.25) is 5.02 Å². The zero-order valence-electron chi connectivity index (χ0n) is 7.72. The Hall–Kier alpha value is -1.49. The van der Waals surface area contributed by atoms with E-state index in [1.54, 1.807) is 0 Å². The smallest absolute Gasteiger partial charge is 0.417 e. The van der Waals surface area contributed by atoms with Gasteiger partial charge in [-0.2, -0.15) is 13.2 Å². The highest BCUT2D eigenvalue weighted by atomic mass is 35.5. The number of hydrogen-bond donors (Lipinski definition) is 0. The van der Waals surface area contributed by atoms with Gasteiger partial charge in [-0.1, -0.05) is 23.7 Å². The third kappa shape index (κ3) is 3.27. The third-order valence-electron chi connectivity index (χ3n) is 1.71. The van der Waals surface area contributed by atoms with Crippen LogP contribution in [0.5, 0.6) is 0 Å². The van der Waals surface area contributed by atoms with Gasteiger partial charge < -0.3 is 9.90 Å². The zero-order valence-corrected chi connectivity index (χ0v) is 8.47. The van der Waals surface area contributed by atoms with Crippen LogP contribution in [0, 0.1) is 0 Å². The molecule has 1 aromatic carbocycles. The molecule has 16 heavy (non-hydrogen) atoms. The summed E-state index contributed by atoms with van der Waals surface area (Å²) in [6.07, 6.45) is -2.71. The molecule has 0 aliphatic carbocycles. The molecule has 0 saturated carbocycles. The van der Waals surface area contributed by atoms with Crippen molar-refractivity contribution in [3.05, 3.63) is 40.4 Å². The first-order valence-corrected chi connectivity index (χ1v) is 4.44. The van der Waals surface area contributed by atoms with E-state index in [1.165, 1.54) is 0 Å². The molecule has 0 amide bonds. The van der Waals surface area contributed by atoms with Gasteiger partial charge in [0.25, 0.3) is 0 Å². The summed E-state index contributed by atoms with van der Waals surface area (Å²) in [5.41, 5.74) is -0.707. The summed E-state index contributed by atoms with van der Waals surface area (Å²) < 4.78 is 36.9. The number of carboxylic acid groups (broad SMARTS) is 1. The Morgan fingerprint density at radius 1 is 1.38 bits per heavy atom. The number of halogens is 4. The van der Waals surface area contributed by atoms with Gasteiger partial charge in [0, 0.05) is 0 Å². The minimum absolute atomic E-state index is 0.252. The number of rotatable bonds is 2. The van der Waals surface area contributed by atoms with Crippen molar-refractivity contribution < 1.29 is 23.1 Å². The minimum atomic E-state index is -4.52. The van der Waals surface area contributed by atoms with Gasteiger partial charge in [-0.05, 0) is 23.8 Å². The number of alkyl halides is 3. The Bertz CT molecular complexity index is 438. The molecule has 0 atom stereocenters. The van der Waals surface area contributed by atoms with Gasteiger partial charge in [0.15, 0.2) is 0 Å². The van der Waals surface area contributed by atoms with Gasteiger partial charge in [0.2, 0.25) is 0 Å². The molecule has 6 heteroatoms. The number of carboxylic acids is 1. The summed E-state index contributed by atoms with van der Waals surface area (Å²) in [7, 11) is 0. The van der Waals surface area contributed by atoms with Crippen molar-refractivity contribution in [1.29, 1.82) is 0 Å². The van der Waals surface area contributed by atoms with Gasteiger partial charge in [0.1, 0.15) is 0 Å². The van der Waals surface area contributed by atoms with Gasteiger partial charge >= 0.3 is 6.18 Å². The fourth-order valence-corrected chi connectivity index (χ4v) is 1.33. The average molecular weight is 250 g/mol. The van der Waals surface area contributed by atoms with E-state index >= 15 is 0 Å². The molecule has 2 nitrogen and oxygen atoms in total. The van der Waals surface area contributed by atoms with Crippen molar-refractivity contribution in [2.45, 2.75) is 6.18 Å². The molecular weight excluding hydrogens is 245 g/mol. The summed E-state index contributed by atoms with van der Waals surface area (Å²) >= 11 is 5.41. The maximum Gasteiger partial charge on any atom is 0.417 e. The van der Waals surface area contributed by atoms with Crippen molar-refractivity contribution in [2.75, 3.05) is 0 Å². The number of carbonyl (C=O) groups is 1. The predicted molar refractivity (Wildman–Crippen MR) is 50.5 cm³/mol. The Labute approximate surface area is 94.0 Å². The van der Waals surface area contributed by atoms with Crippen LogP contribution in [0.15, 0.2) is 24.3 Å². The molecule has 0 N–H and O–H groups in total. The van der Waals surface area contributed by atoms with E-state index in [4.69, 9.17) is 11.6 Å².